The van der Waals surface area contributed by atoms with Gasteiger partial charge in [-0.3, -0.25) is 19.0 Å². The summed E-state index contributed by atoms with van der Waals surface area (Å²) in [5.74, 6) is -0.347. The van der Waals surface area contributed by atoms with Gasteiger partial charge in [-0.2, -0.15) is 14.5 Å². The number of nitrogens with zero attached hydrogens (tertiary/aromatic N) is 6. The fourth-order valence-corrected chi connectivity index (χ4v) is 5.37. The molecule has 1 aliphatic heterocycles. The van der Waals surface area contributed by atoms with Gasteiger partial charge in [-0.05, 0) is 23.6 Å². The van der Waals surface area contributed by atoms with Gasteiger partial charge >= 0.3 is 17.9 Å². The van der Waals surface area contributed by atoms with Crippen LogP contribution in [0.4, 0.5) is 0 Å². The van der Waals surface area contributed by atoms with Crippen LogP contribution < -0.4 is 28.5 Å². The summed E-state index contributed by atoms with van der Waals surface area (Å²) in [6.07, 6.45) is 2.85. The first-order valence-electron chi connectivity index (χ1n) is 13.8. The topological polar surface area (TPSA) is 141 Å². The van der Waals surface area contributed by atoms with Gasteiger partial charge in [-0.15, -0.1) is 0 Å². The number of imidazole rings is 2. The minimum absolute atomic E-state index is 0. The van der Waals surface area contributed by atoms with E-state index >= 15 is 0 Å². The predicted molar refractivity (Wildman–Crippen MR) is 151 cm³/mol. The number of esters is 3. The minimum Gasteiger partial charge on any atom is -1.00 e. The number of hydrogen-bond acceptors (Lipinski definition) is 10. The number of rotatable bonds is 10. The summed E-state index contributed by atoms with van der Waals surface area (Å²) < 4.78 is 28.0. The van der Waals surface area contributed by atoms with Crippen LogP contribution in [0.1, 0.15) is 51.7 Å². The Kier molecular flexibility index (Phi) is 10.9. The summed E-state index contributed by atoms with van der Waals surface area (Å²) in [6, 6.07) is 10.1. The molecule has 13 nitrogen and oxygen atoms in total. The van der Waals surface area contributed by atoms with Crippen LogP contribution in [0.2, 0.25) is 5.28 Å². The molecule has 0 saturated carbocycles. The zero-order valence-electron chi connectivity index (χ0n) is 24.6. The summed E-state index contributed by atoms with van der Waals surface area (Å²) in [5, 5.41) is -0.0370. The van der Waals surface area contributed by atoms with Crippen LogP contribution in [0.25, 0.3) is 17.0 Å². The van der Waals surface area contributed by atoms with Crippen molar-refractivity contribution in [1.82, 2.24) is 24.1 Å². The first-order chi connectivity index (χ1) is 20.7. The summed E-state index contributed by atoms with van der Waals surface area (Å²) >= 11 is 6.47. The van der Waals surface area contributed by atoms with Gasteiger partial charge in [0.05, 0.1) is 6.33 Å². The van der Waals surface area contributed by atoms with E-state index in [1.165, 1.54) is 27.1 Å². The maximum absolute atomic E-state index is 12.1. The Balaban J connectivity index is 0.00000442. The molecule has 0 N–H and O–H groups in total. The summed E-state index contributed by atoms with van der Waals surface area (Å²) in [6.45, 7) is 6.23. The number of aromatic nitrogens is 6. The third kappa shape index (κ3) is 7.18. The molecule has 1 fully saturated rings. The van der Waals surface area contributed by atoms with Crippen molar-refractivity contribution in [2.45, 2.75) is 71.6 Å². The van der Waals surface area contributed by atoms with Gasteiger partial charge < -0.3 is 42.9 Å². The Labute approximate surface area is 275 Å². The van der Waals surface area contributed by atoms with E-state index in [0.29, 0.717) is 23.5 Å². The zero-order chi connectivity index (χ0) is 30.7. The molecular weight excluding hydrogens is 707 g/mol. The van der Waals surface area contributed by atoms with Crippen LogP contribution in [0.3, 0.4) is 0 Å². The molecule has 0 spiro atoms. The number of fused-ring (bicyclic) bond motifs is 1. The number of benzene rings is 1. The van der Waals surface area contributed by atoms with Gasteiger partial charge in [0, 0.05) is 27.2 Å². The largest absolute Gasteiger partial charge is 1.00 e. The molecule has 234 valence electrons. The van der Waals surface area contributed by atoms with Crippen molar-refractivity contribution in [3.8, 4) is 5.82 Å². The van der Waals surface area contributed by atoms with E-state index < -0.39 is 42.4 Å². The number of carbonyl (C=O) groups excluding carboxylic acids is 3. The molecule has 1 saturated heterocycles. The lowest BCUT2D eigenvalue weighted by molar-refractivity contribution is -0.695. The number of halogens is 2. The predicted octanol–water partition coefficient (Wildman–Crippen LogP) is -0.113. The summed E-state index contributed by atoms with van der Waals surface area (Å²) in [7, 11) is 0. The van der Waals surface area contributed by atoms with Crippen molar-refractivity contribution in [3.63, 3.8) is 0 Å². The second-order valence-corrected chi connectivity index (χ2v) is 10.4. The van der Waals surface area contributed by atoms with E-state index in [0.717, 1.165) is 24.2 Å². The van der Waals surface area contributed by atoms with Crippen molar-refractivity contribution in [2.24, 2.45) is 0 Å². The molecule has 0 bridgehead atoms. The Morgan fingerprint density at radius 3 is 2.39 bits per heavy atom. The second-order valence-electron chi connectivity index (χ2n) is 10.1. The van der Waals surface area contributed by atoms with Gasteiger partial charge in [0.15, 0.2) is 29.6 Å². The Morgan fingerprint density at radius 2 is 1.73 bits per heavy atom. The van der Waals surface area contributed by atoms with Crippen molar-refractivity contribution in [2.75, 3.05) is 6.61 Å². The molecule has 4 atom stereocenters. The third-order valence-electron chi connectivity index (χ3n) is 6.89. The first kappa shape index (κ1) is 33.3. The van der Waals surface area contributed by atoms with E-state index in [1.807, 2.05) is 35.2 Å². The molecule has 0 aliphatic carbocycles. The summed E-state index contributed by atoms with van der Waals surface area (Å²) in [4.78, 5) is 49.2. The molecule has 0 amide bonds. The number of carbonyl (C=O) groups is 3. The van der Waals surface area contributed by atoms with Gasteiger partial charge in [-0.25, -0.2) is 9.55 Å². The van der Waals surface area contributed by atoms with Crippen LogP contribution in [-0.2, 0) is 46.3 Å². The number of ether oxygens (including phenoxy) is 4. The molecule has 4 heterocycles. The lowest BCUT2D eigenvalue weighted by Gasteiger charge is -2.23. The van der Waals surface area contributed by atoms with Crippen molar-refractivity contribution < 1.29 is 61.9 Å². The van der Waals surface area contributed by atoms with E-state index in [9.17, 15) is 14.4 Å². The van der Waals surface area contributed by atoms with Gasteiger partial charge in [0.2, 0.25) is 5.28 Å². The van der Waals surface area contributed by atoms with Crippen LogP contribution in [0.5, 0.6) is 0 Å². The molecule has 1 aliphatic rings. The van der Waals surface area contributed by atoms with Gasteiger partial charge in [-0.1, -0.05) is 37.3 Å². The van der Waals surface area contributed by atoms with Crippen molar-refractivity contribution in [3.05, 3.63) is 65.7 Å². The average molecular weight is 739 g/mol. The zero-order valence-corrected chi connectivity index (χ0v) is 27.5. The van der Waals surface area contributed by atoms with E-state index in [2.05, 4.69) is 38.6 Å². The molecule has 3 aromatic heterocycles. The molecule has 5 rings (SSSR count). The SMILES string of the molecule is CCCc1n(-c2nc(Cl)nc3c2ncn3[C@@H]2O[C@H](COC(C)=O)[C@@H](OC(C)=O)[C@H]2OC(C)=O)cc[n+]1Cc1ccccc1.[I-]. The molecular formula is C29H32ClIN6O7. The van der Waals surface area contributed by atoms with Crippen LogP contribution >= 0.6 is 11.6 Å². The van der Waals surface area contributed by atoms with Crippen LogP contribution in [-0.4, -0.2) is 66.9 Å². The maximum atomic E-state index is 12.1. The van der Waals surface area contributed by atoms with Crippen molar-refractivity contribution in [1.29, 1.82) is 0 Å². The molecule has 44 heavy (non-hydrogen) atoms. The highest BCUT2D eigenvalue weighted by Crippen LogP contribution is 2.36. The van der Waals surface area contributed by atoms with Gasteiger partial charge in [0.1, 0.15) is 31.6 Å². The Morgan fingerprint density at radius 1 is 1.02 bits per heavy atom. The van der Waals surface area contributed by atoms with Crippen LogP contribution in [0.15, 0.2) is 49.1 Å². The van der Waals surface area contributed by atoms with Crippen LogP contribution in [0, 0.1) is 0 Å². The Hall–Kier alpha value is -3.63. The molecule has 15 heteroatoms. The molecule has 0 radical (unpaired) electrons. The average Bonchev–Trinajstić information content (AvgIpc) is 3.64. The standard InChI is InChI=1S/C29H32ClN6O7.HI/c1-5-9-22-34(14-20-10-7-6-8-11-20)12-13-35(22)26-23-27(33-29(30)32-26)36(16-31-23)28-25(42-19(4)39)24(41-18(3)38)21(43-28)15-40-17(2)37;/h6-8,10-13,16,21,24-25,28H,5,9,14-15H2,1-4H3;1H/q+1;/p-1/t21-,24-,25-,28-;/m1./s1. The highest BCUT2D eigenvalue weighted by atomic mass is 127. The normalized spacial score (nSPS) is 19.4. The van der Waals surface area contributed by atoms with E-state index in [-0.39, 0.29) is 35.9 Å². The summed E-state index contributed by atoms with van der Waals surface area (Å²) in [5.41, 5.74) is 1.87. The third-order valence-corrected chi connectivity index (χ3v) is 7.06. The number of hydrogen-bond donors (Lipinski definition) is 0. The fraction of sp³-hybridized carbons (Fsp3) is 0.414. The lowest BCUT2D eigenvalue weighted by Crippen LogP contribution is -3.00. The monoisotopic (exact) mass is 738 g/mol. The molecule has 1 aromatic carbocycles. The van der Waals surface area contributed by atoms with Crippen molar-refractivity contribution >= 4 is 40.7 Å². The van der Waals surface area contributed by atoms with E-state index in [4.69, 9.17) is 30.5 Å². The Bertz CT molecular complexity index is 1650. The smallest absolute Gasteiger partial charge is 0.303 e. The highest BCUT2D eigenvalue weighted by molar-refractivity contribution is 6.28. The van der Waals surface area contributed by atoms with Gasteiger partial charge in [0.25, 0.3) is 11.6 Å². The minimum atomic E-state index is -1.10. The van der Waals surface area contributed by atoms with E-state index in [1.54, 1.807) is 4.57 Å². The quantitative estimate of drug-likeness (QED) is 0.0712. The second kappa shape index (κ2) is 14.4. The molecule has 0 unspecified atom stereocenters. The maximum Gasteiger partial charge on any atom is 0.303 e. The molecule has 4 aromatic rings. The fourth-order valence-electron chi connectivity index (χ4n) is 5.21. The first-order valence-corrected chi connectivity index (χ1v) is 14.2. The highest BCUT2D eigenvalue weighted by Gasteiger charge is 2.51. The lowest BCUT2D eigenvalue weighted by atomic mass is 10.1.